The first-order chi connectivity index (χ1) is 9.08. The maximum absolute atomic E-state index is 11.6. The minimum absolute atomic E-state index is 0.152. The van der Waals surface area contributed by atoms with Crippen molar-refractivity contribution in [3.63, 3.8) is 0 Å². The number of hydrogen-bond donors (Lipinski definition) is 2. The normalized spacial score (nSPS) is 10.5. The molecule has 0 radical (unpaired) electrons. The van der Waals surface area contributed by atoms with Gasteiger partial charge in [0.15, 0.2) is 0 Å². The number of hydrogen-bond acceptors (Lipinski definition) is 3. The van der Waals surface area contributed by atoms with Crippen molar-refractivity contribution in [1.82, 2.24) is 9.97 Å². The van der Waals surface area contributed by atoms with Crippen molar-refractivity contribution in [3.8, 4) is 0 Å². The Morgan fingerprint density at radius 3 is 2.89 bits per heavy atom. The molecule has 2 aromatic rings. The molecule has 2 rings (SSSR count). The molecule has 0 aliphatic carbocycles. The van der Waals surface area contributed by atoms with Crippen LogP contribution in [0.2, 0.25) is 5.02 Å². The van der Waals surface area contributed by atoms with Crippen LogP contribution < -0.4 is 10.9 Å². The van der Waals surface area contributed by atoms with Gasteiger partial charge in [0.2, 0.25) is 5.95 Å². The number of rotatable bonds is 4. The highest BCUT2D eigenvalue weighted by molar-refractivity contribution is 6.30. The van der Waals surface area contributed by atoms with Crippen LogP contribution in [0.1, 0.15) is 24.6 Å². The van der Waals surface area contributed by atoms with Gasteiger partial charge in [-0.15, -0.1) is 0 Å². The van der Waals surface area contributed by atoms with E-state index in [4.69, 9.17) is 11.6 Å². The van der Waals surface area contributed by atoms with E-state index in [1.165, 1.54) is 6.07 Å². The molecule has 0 saturated heterocycles. The third-order valence-electron chi connectivity index (χ3n) is 2.75. The summed E-state index contributed by atoms with van der Waals surface area (Å²) < 4.78 is 0. The lowest BCUT2D eigenvalue weighted by Crippen LogP contribution is -2.12. The summed E-state index contributed by atoms with van der Waals surface area (Å²) in [5.41, 5.74) is 2.51. The van der Waals surface area contributed by atoms with Gasteiger partial charge in [0.05, 0.1) is 0 Å². The minimum atomic E-state index is -0.152. The molecular weight excluding hydrogens is 262 g/mol. The maximum atomic E-state index is 11.6. The standard InChI is InChI=1S/C14H16ClN3O/c1-3-4-11-8-13(19)18-14(16-11)17-12-7-10(15)6-5-9(12)2/h5-8H,3-4H2,1-2H3,(H2,16,17,18,19). The van der Waals surface area contributed by atoms with Crippen molar-refractivity contribution in [1.29, 1.82) is 0 Å². The summed E-state index contributed by atoms with van der Waals surface area (Å²) in [4.78, 5) is 18.6. The van der Waals surface area contributed by atoms with E-state index >= 15 is 0 Å². The molecule has 100 valence electrons. The van der Waals surface area contributed by atoms with Crippen LogP contribution in [0.5, 0.6) is 0 Å². The second-order valence-corrected chi connectivity index (χ2v) is 4.86. The van der Waals surface area contributed by atoms with Crippen molar-refractivity contribution in [2.45, 2.75) is 26.7 Å². The Labute approximate surface area is 116 Å². The fraction of sp³-hybridized carbons (Fsp3) is 0.286. The van der Waals surface area contributed by atoms with E-state index in [1.54, 1.807) is 0 Å². The number of aromatic amines is 1. The van der Waals surface area contributed by atoms with Crippen molar-refractivity contribution < 1.29 is 0 Å². The number of aromatic nitrogens is 2. The number of nitrogens with zero attached hydrogens (tertiary/aromatic N) is 1. The van der Waals surface area contributed by atoms with Gasteiger partial charge < -0.3 is 5.32 Å². The van der Waals surface area contributed by atoms with Gasteiger partial charge in [-0.2, -0.15) is 0 Å². The summed E-state index contributed by atoms with van der Waals surface area (Å²) in [7, 11) is 0. The predicted molar refractivity (Wildman–Crippen MR) is 78.3 cm³/mol. The SMILES string of the molecule is CCCc1cc(=O)[nH]c(Nc2cc(Cl)ccc2C)n1. The Morgan fingerprint density at radius 2 is 2.16 bits per heavy atom. The van der Waals surface area contributed by atoms with Crippen LogP contribution >= 0.6 is 11.6 Å². The highest BCUT2D eigenvalue weighted by Crippen LogP contribution is 2.22. The Morgan fingerprint density at radius 1 is 1.37 bits per heavy atom. The van der Waals surface area contributed by atoms with Crippen molar-refractivity contribution in [3.05, 3.63) is 50.9 Å². The van der Waals surface area contributed by atoms with Crippen molar-refractivity contribution in [2.75, 3.05) is 5.32 Å². The van der Waals surface area contributed by atoms with Crippen molar-refractivity contribution in [2.24, 2.45) is 0 Å². The van der Waals surface area contributed by atoms with Gasteiger partial charge in [-0.05, 0) is 31.0 Å². The number of H-pyrrole nitrogens is 1. The molecule has 1 heterocycles. The number of nitrogens with one attached hydrogen (secondary N) is 2. The lowest BCUT2D eigenvalue weighted by Gasteiger charge is -2.09. The van der Waals surface area contributed by atoms with Gasteiger partial charge in [0.1, 0.15) is 0 Å². The zero-order chi connectivity index (χ0) is 13.8. The second kappa shape index (κ2) is 5.89. The molecule has 1 aromatic heterocycles. The van der Waals surface area contributed by atoms with Crippen LogP contribution in [0.15, 0.2) is 29.1 Å². The summed E-state index contributed by atoms with van der Waals surface area (Å²) in [5.74, 6) is 0.446. The van der Waals surface area contributed by atoms with E-state index in [0.29, 0.717) is 11.0 Å². The Balaban J connectivity index is 2.32. The first-order valence-electron chi connectivity index (χ1n) is 6.22. The molecule has 5 heteroatoms. The van der Waals surface area contributed by atoms with Gasteiger partial charge in [-0.1, -0.05) is 31.0 Å². The molecule has 0 amide bonds. The predicted octanol–water partition coefficient (Wildman–Crippen LogP) is 3.43. The molecule has 2 N–H and O–H groups in total. The Kier molecular flexibility index (Phi) is 4.22. The van der Waals surface area contributed by atoms with Gasteiger partial charge in [0, 0.05) is 22.5 Å². The lowest BCUT2D eigenvalue weighted by molar-refractivity contribution is 0.870. The number of aryl methyl sites for hydroxylation is 2. The molecule has 4 nitrogen and oxygen atoms in total. The van der Waals surface area contributed by atoms with Crippen molar-refractivity contribution >= 4 is 23.2 Å². The summed E-state index contributed by atoms with van der Waals surface area (Å²) >= 11 is 5.96. The van der Waals surface area contributed by atoms with Crippen LogP contribution in [0.25, 0.3) is 0 Å². The third-order valence-corrected chi connectivity index (χ3v) is 2.99. The topological polar surface area (TPSA) is 57.8 Å². The molecule has 1 aromatic carbocycles. The maximum Gasteiger partial charge on any atom is 0.252 e. The molecule has 19 heavy (non-hydrogen) atoms. The largest absolute Gasteiger partial charge is 0.325 e. The average molecular weight is 278 g/mol. The molecule has 0 fully saturated rings. The summed E-state index contributed by atoms with van der Waals surface area (Å²) in [6.45, 7) is 4.02. The van der Waals surface area contributed by atoms with Crippen LogP contribution in [0, 0.1) is 6.92 Å². The molecular formula is C14H16ClN3O. The van der Waals surface area contributed by atoms with Crippen LogP contribution in [-0.4, -0.2) is 9.97 Å². The van der Waals surface area contributed by atoms with Gasteiger partial charge in [-0.25, -0.2) is 4.98 Å². The highest BCUT2D eigenvalue weighted by Gasteiger charge is 2.04. The van der Waals surface area contributed by atoms with Gasteiger partial charge >= 0.3 is 0 Å². The van der Waals surface area contributed by atoms with E-state index in [2.05, 4.69) is 22.2 Å². The minimum Gasteiger partial charge on any atom is -0.325 e. The number of benzene rings is 1. The van der Waals surface area contributed by atoms with Crippen LogP contribution in [-0.2, 0) is 6.42 Å². The monoisotopic (exact) mass is 277 g/mol. The van der Waals surface area contributed by atoms with E-state index in [9.17, 15) is 4.79 Å². The molecule has 0 aliphatic rings. The second-order valence-electron chi connectivity index (χ2n) is 4.42. The first-order valence-corrected chi connectivity index (χ1v) is 6.59. The van der Waals surface area contributed by atoms with E-state index < -0.39 is 0 Å². The fourth-order valence-corrected chi connectivity index (χ4v) is 1.98. The first kappa shape index (κ1) is 13.6. The van der Waals surface area contributed by atoms with E-state index in [-0.39, 0.29) is 5.56 Å². The zero-order valence-electron chi connectivity index (χ0n) is 11.0. The Bertz CT molecular complexity index is 637. The van der Waals surface area contributed by atoms with E-state index in [1.807, 2.05) is 25.1 Å². The molecule has 0 unspecified atom stereocenters. The van der Waals surface area contributed by atoms with Gasteiger partial charge in [-0.3, -0.25) is 9.78 Å². The molecule has 0 spiro atoms. The third kappa shape index (κ3) is 3.58. The quantitative estimate of drug-likeness (QED) is 0.900. The van der Waals surface area contributed by atoms with Crippen LogP contribution in [0.3, 0.4) is 0 Å². The number of anilines is 2. The molecule has 0 saturated carbocycles. The molecule has 0 bridgehead atoms. The van der Waals surface area contributed by atoms with Gasteiger partial charge in [0.25, 0.3) is 5.56 Å². The molecule has 0 aliphatic heterocycles. The number of halogens is 1. The zero-order valence-corrected chi connectivity index (χ0v) is 11.7. The summed E-state index contributed by atoms with van der Waals surface area (Å²) in [6, 6.07) is 7.08. The summed E-state index contributed by atoms with van der Waals surface area (Å²) in [6.07, 6.45) is 1.74. The average Bonchev–Trinajstić information content (AvgIpc) is 2.33. The summed E-state index contributed by atoms with van der Waals surface area (Å²) in [5, 5.41) is 3.74. The smallest absolute Gasteiger partial charge is 0.252 e. The lowest BCUT2D eigenvalue weighted by atomic mass is 10.2. The molecule has 0 atom stereocenters. The Hall–Kier alpha value is -1.81. The van der Waals surface area contributed by atoms with E-state index in [0.717, 1.165) is 29.8 Å². The highest BCUT2D eigenvalue weighted by atomic mass is 35.5. The fourth-order valence-electron chi connectivity index (χ4n) is 1.81. The van der Waals surface area contributed by atoms with Crippen LogP contribution in [0.4, 0.5) is 11.6 Å².